The zero-order valence-electron chi connectivity index (χ0n) is 23.5. The molecule has 0 unspecified atom stereocenters. The maximum Gasteiger partial charge on any atom is 0.187 e. The molecule has 4 saturated heterocycles. The van der Waals surface area contributed by atoms with Gasteiger partial charge in [-0.2, -0.15) is 0 Å². The number of hydrogen-bond acceptors (Lipinski definition) is 21. The number of ether oxygens (including phenoxy) is 7. The largest absolute Gasteiger partial charge is 0.394 e. The van der Waals surface area contributed by atoms with Gasteiger partial charge in [-0.3, -0.25) is 0 Å². The molecule has 0 radical (unpaired) electrons. The second-order valence-corrected chi connectivity index (χ2v) is 11.1. The average Bonchev–Trinajstić information content (AvgIpc) is 3.31. The molecule has 0 aromatic rings. The molecule has 0 aromatic carbocycles. The van der Waals surface area contributed by atoms with Crippen molar-refractivity contribution in [1.82, 2.24) is 0 Å². The second-order valence-electron chi connectivity index (χ2n) is 11.1. The highest BCUT2D eigenvalue weighted by molar-refractivity contribution is 4.98. The van der Waals surface area contributed by atoms with Gasteiger partial charge in [0.2, 0.25) is 0 Å². The molecule has 4 aliphatic heterocycles. The van der Waals surface area contributed by atoms with Crippen LogP contribution in [0.2, 0.25) is 0 Å². The van der Waals surface area contributed by atoms with Crippen LogP contribution in [-0.4, -0.2) is 221 Å². The Balaban J connectivity index is 1.67. The average molecular weight is 667 g/mol. The van der Waals surface area contributed by atoms with Gasteiger partial charge in [-0.1, -0.05) is 0 Å². The standard InChI is InChI=1S/C24H42O21/c25-1-5(29)17-14(35)16(37)23(42-17)43-18-11(32)8(4-28)41-24(44-19-13(34)10(31)6(2-26)39-21(19)38)20(18)45-22-15(36)12(33)9(30)7(3-27)40-22/h5-38H,1-4H2/t5-,6-,7-,8-,9-,10-,11-,12+,13+,14-,15+,16-,17+,18+,19+,20+,21+,22-,23+,24-/m1/s1. The number of aliphatic hydroxyl groups is 14. The molecule has 0 bridgehead atoms. The summed E-state index contributed by atoms with van der Waals surface area (Å²) in [5, 5.41) is 143. The minimum Gasteiger partial charge on any atom is -0.394 e. The fourth-order valence-corrected chi connectivity index (χ4v) is 5.52. The van der Waals surface area contributed by atoms with E-state index in [-0.39, 0.29) is 0 Å². The van der Waals surface area contributed by atoms with Crippen molar-refractivity contribution in [3.63, 3.8) is 0 Å². The monoisotopic (exact) mass is 666 g/mol. The van der Waals surface area contributed by atoms with Crippen LogP contribution in [0.4, 0.5) is 0 Å². The van der Waals surface area contributed by atoms with Gasteiger partial charge in [0.05, 0.1) is 26.4 Å². The lowest BCUT2D eigenvalue weighted by atomic mass is 9.96. The van der Waals surface area contributed by atoms with Crippen molar-refractivity contribution in [1.29, 1.82) is 0 Å². The van der Waals surface area contributed by atoms with Crippen molar-refractivity contribution in [3.05, 3.63) is 0 Å². The van der Waals surface area contributed by atoms with E-state index in [1.54, 1.807) is 0 Å². The quantitative estimate of drug-likeness (QED) is 0.0973. The van der Waals surface area contributed by atoms with E-state index in [4.69, 9.17) is 33.2 Å². The normalized spacial score (nSPS) is 51.7. The fraction of sp³-hybridized carbons (Fsp3) is 1.00. The van der Waals surface area contributed by atoms with Crippen LogP contribution < -0.4 is 0 Å². The van der Waals surface area contributed by atoms with Gasteiger partial charge in [0.25, 0.3) is 0 Å². The number of rotatable bonds is 11. The zero-order valence-corrected chi connectivity index (χ0v) is 23.5. The fourth-order valence-electron chi connectivity index (χ4n) is 5.52. The minimum absolute atomic E-state index is 0.805. The minimum atomic E-state index is -2.03. The Morgan fingerprint density at radius 2 is 0.911 bits per heavy atom. The summed E-state index contributed by atoms with van der Waals surface area (Å²) in [5.74, 6) is 0. The van der Waals surface area contributed by atoms with Gasteiger partial charge in [0.15, 0.2) is 25.2 Å². The molecule has 4 rings (SSSR count). The van der Waals surface area contributed by atoms with Crippen LogP contribution in [0.25, 0.3) is 0 Å². The van der Waals surface area contributed by atoms with E-state index in [0.29, 0.717) is 0 Å². The van der Waals surface area contributed by atoms with Crippen molar-refractivity contribution in [2.24, 2.45) is 0 Å². The Morgan fingerprint density at radius 3 is 1.51 bits per heavy atom. The Bertz CT molecular complexity index is 916. The summed E-state index contributed by atoms with van der Waals surface area (Å²) in [6.07, 6.45) is -36.4. The first-order valence-electron chi connectivity index (χ1n) is 14.1. The van der Waals surface area contributed by atoms with Crippen molar-refractivity contribution in [2.75, 3.05) is 26.4 Å². The molecule has 4 heterocycles. The molecule has 4 fully saturated rings. The van der Waals surface area contributed by atoms with Crippen LogP contribution >= 0.6 is 0 Å². The maximum atomic E-state index is 11.1. The molecule has 0 spiro atoms. The lowest BCUT2D eigenvalue weighted by Crippen LogP contribution is -2.67. The highest BCUT2D eigenvalue weighted by atomic mass is 16.8. The summed E-state index contributed by atoms with van der Waals surface area (Å²) < 4.78 is 38.5. The van der Waals surface area contributed by atoms with Gasteiger partial charge in [0, 0.05) is 0 Å². The molecule has 0 aliphatic carbocycles. The summed E-state index contributed by atoms with van der Waals surface area (Å²) in [5.41, 5.74) is 0. The Hall–Kier alpha value is -0.840. The highest BCUT2D eigenvalue weighted by Gasteiger charge is 2.57. The van der Waals surface area contributed by atoms with Gasteiger partial charge in [-0.05, 0) is 0 Å². The van der Waals surface area contributed by atoms with Gasteiger partial charge in [-0.25, -0.2) is 0 Å². The van der Waals surface area contributed by atoms with Gasteiger partial charge in [-0.15, -0.1) is 0 Å². The first-order valence-corrected chi connectivity index (χ1v) is 14.1. The third-order valence-corrected chi connectivity index (χ3v) is 8.19. The predicted molar refractivity (Wildman–Crippen MR) is 134 cm³/mol. The Morgan fingerprint density at radius 1 is 0.444 bits per heavy atom. The molecular formula is C24H42O21. The van der Waals surface area contributed by atoms with Crippen LogP contribution in [0, 0.1) is 0 Å². The molecule has 14 N–H and O–H groups in total. The summed E-state index contributed by atoms with van der Waals surface area (Å²) in [7, 11) is 0. The SMILES string of the molecule is OC[C@@H](O)[C@@H]1O[C@@H](O[C@H]2[C@H](O)[C@@H](CO)O[C@H](O[C@H]3[C@@H](O)[C@H](O)[C@@H](CO)O[C@@H]3O)[C@H]2O[C@H]2O[C@H](CO)[C@@H](O)[C@H](O)[C@@H]2O)[C@H](O)[C@H]1O. The van der Waals surface area contributed by atoms with Crippen LogP contribution in [0.3, 0.4) is 0 Å². The number of hydrogen-bond donors (Lipinski definition) is 14. The molecule has 0 aromatic heterocycles. The third kappa shape index (κ3) is 7.44. The molecule has 20 atom stereocenters. The van der Waals surface area contributed by atoms with Crippen LogP contribution in [0.15, 0.2) is 0 Å². The summed E-state index contributed by atoms with van der Waals surface area (Å²) in [6, 6.07) is 0. The van der Waals surface area contributed by atoms with E-state index in [1.807, 2.05) is 0 Å². The molecule has 21 nitrogen and oxygen atoms in total. The van der Waals surface area contributed by atoms with Gasteiger partial charge >= 0.3 is 0 Å². The molecule has 4 aliphatic rings. The van der Waals surface area contributed by atoms with Gasteiger partial charge < -0.3 is 105 Å². The van der Waals surface area contributed by atoms with Gasteiger partial charge in [0.1, 0.15) is 97.7 Å². The van der Waals surface area contributed by atoms with Crippen molar-refractivity contribution in [2.45, 2.75) is 123 Å². The Labute approximate surface area is 254 Å². The number of aliphatic hydroxyl groups excluding tert-OH is 14. The smallest absolute Gasteiger partial charge is 0.187 e. The maximum absolute atomic E-state index is 11.1. The lowest BCUT2D eigenvalue weighted by Gasteiger charge is -2.49. The van der Waals surface area contributed by atoms with E-state index in [0.717, 1.165) is 0 Å². The van der Waals surface area contributed by atoms with Crippen LogP contribution in [0.1, 0.15) is 0 Å². The van der Waals surface area contributed by atoms with E-state index in [1.165, 1.54) is 0 Å². The second kappa shape index (κ2) is 15.6. The summed E-state index contributed by atoms with van der Waals surface area (Å²) >= 11 is 0. The van der Waals surface area contributed by atoms with E-state index in [2.05, 4.69) is 0 Å². The van der Waals surface area contributed by atoms with E-state index in [9.17, 15) is 71.5 Å². The first kappa shape index (κ1) is 37.0. The third-order valence-electron chi connectivity index (χ3n) is 8.19. The molecule has 45 heavy (non-hydrogen) atoms. The Kier molecular flexibility index (Phi) is 12.8. The van der Waals surface area contributed by atoms with Crippen LogP contribution in [0.5, 0.6) is 0 Å². The highest BCUT2D eigenvalue weighted by Crippen LogP contribution is 2.36. The predicted octanol–water partition coefficient (Wildman–Crippen LogP) is -9.75. The zero-order chi connectivity index (χ0) is 33.3. The van der Waals surface area contributed by atoms with Crippen molar-refractivity contribution in [3.8, 4) is 0 Å². The molecule has 264 valence electrons. The van der Waals surface area contributed by atoms with E-state index >= 15 is 0 Å². The summed E-state index contributed by atoms with van der Waals surface area (Å²) in [6.45, 7) is -3.49. The summed E-state index contributed by atoms with van der Waals surface area (Å²) in [4.78, 5) is 0. The molecule has 0 amide bonds. The molecular weight excluding hydrogens is 624 g/mol. The first-order chi connectivity index (χ1) is 21.3. The molecule has 21 heteroatoms. The van der Waals surface area contributed by atoms with E-state index < -0.39 is 149 Å². The topological polar surface area (TPSA) is 348 Å². The van der Waals surface area contributed by atoms with Crippen molar-refractivity contribution < 1.29 is 105 Å². The van der Waals surface area contributed by atoms with Crippen molar-refractivity contribution >= 4 is 0 Å². The molecule has 0 saturated carbocycles. The lowest BCUT2D eigenvalue weighted by molar-refractivity contribution is -0.400. The van der Waals surface area contributed by atoms with Crippen LogP contribution in [-0.2, 0) is 33.2 Å².